The van der Waals surface area contributed by atoms with E-state index >= 15 is 0 Å². The molecule has 3 aliphatic carbocycles. The largest absolute Gasteiger partial charge is 0.299 e. The van der Waals surface area contributed by atoms with Crippen molar-refractivity contribution in [2.75, 3.05) is 5.75 Å². The second kappa shape index (κ2) is 5.55. The summed E-state index contributed by atoms with van der Waals surface area (Å²) in [5, 5.41) is 0. The molecule has 5 atom stereocenters. The van der Waals surface area contributed by atoms with Crippen LogP contribution in [-0.2, 0) is 14.8 Å². The van der Waals surface area contributed by atoms with Crippen LogP contribution in [0.15, 0.2) is 0 Å². The molecule has 3 rings (SSSR count). The molecule has 3 fully saturated rings. The highest BCUT2D eigenvalue weighted by Gasteiger charge is 2.65. The highest BCUT2D eigenvalue weighted by molar-refractivity contribution is 7.89. The Labute approximate surface area is 140 Å². The molecule has 1 N–H and O–H groups in total. The number of nitrogens with one attached hydrogen (secondary N) is 1. The van der Waals surface area contributed by atoms with Gasteiger partial charge >= 0.3 is 0 Å². The van der Waals surface area contributed by atoms with Gasteiger partial charge in [0.15, 0.2) is 0 Å². The Morgan fingerprint density at radius 2 is 1.87 bits per heavy atom. The third kappa shape index (κ3) is 2.68. The van der Waals surface area contributed by atoms with Crippen molar-refractivity contribution < 1.29 is 13.2 Å². The van der Waals surface area contributed by atoms with Crippen molar-refractivity contribution in [3.63, 3.8) is 0 Å². The zero-order valence-corrected chi connectivity index (χ0v) is 15.7. The molecular weight excluding hydrogens is 310 g/mol. The molecule has 0 aliphatic heterocycles. The van der Waals surface area contributed by atoms with Crippen molar-refractivity contribution >= 4 is 15.8 Å². The fourth-order valence-electron chi connectivity index (χ4n) is 5.45. The molecule has 0 aromatic rings. The van der Waals surface area contributed by atoms with E-state index in [0.29, 0.717) is 24.2 Å². The van der Waals surface area contributed by atoms with Gasteiger partial charge in [0.1, 0.15) is 5.78 Å². The summed E-state index contributed by atoms with van der Waals surface area (Å²) in [5.74, 6) is 1.43. The number of rotatable bonds is 4. The minimum absolute atomic E-state index is 0.0140. The average Bonchev–Trinajstić information content (AvgIpc) is 2.77. The Hall–Kier alpha value is -0.420. The van der Waals surface area contributed by atoms with E-state index in [1.165, 1.54) is 6.42 Å². The lowest BCUT2D eigenvalue weighted by molar-refractivity contribution is -0.128. The van der Waals surface area contributed by atoms with E-state index in [9.17, 15) is 13.2 Å². The summed E-state index contributed by atoms with van der Waals surface area (Å²) in [6.07, 6.45) is 5.47. The Morgan fingerprint density at radius 1 is 1.17 bits per heavy atom. The molecule has 0 heterocycles. The van der Waals surface area contributed by atoms with Gasteiger partial charge in [0.05, 0.1) is 5.75 Å². The third-order valence-corrected chi connectivity index (χ3v) is 9.15. The number of fused-ring (bicyclic) bond motifs is 2. The number of ketones is 1. The summed E-state index contributed by atoms with van der Waals surface area (Å²) in [4.78, 5) is 12.6. The second-order valence-electron chi connectivity index (χ2n) is 8.92. The lowest BCUT2D eigenvalue weighted by Gasteiger charge is -2.38. The molecule has 0 radical (unpaired) electrons. The number of carbonyl (C=O) groups excluding carboxylic acids is 1. The van der Waals surface area contributed by atoms with Crippen molar-refractivity contribution in [1.29, 1.82) is 0 Å². The van der Waals surface area contributed by atoms with Gasteiger partial charge in [-0.3, -0.25) is 4.79 Å². The van der Waals surface area contributed by atoms with Gasteiger partial charge < -0.3 is 0 Å². The van der Waals surface area contributed by atoms with Crippen LogP contribution in [0.25, 0.3) is 0 Å². The fraction of sp³-hybridized carbons (Fsp3) is 0.944. The summed E-state index contributed by atoms with van der Waals surface area (Å²) < 4.78 is 28.7. The molecule has 3 saturated carbocycles. The van der Waals surface area contributed by atoms with Gasteiger partial charge in [0, 0.05) is 17.9 Å². The molecule has 0 aromatic carbocycles. The normalized spacial score (nSPS) is 43.0. The standard InChI is InChI=1S/C18H31NO3S/c1-12-6-5-7-15(13(12)2)19-23(21,22)11-18-9-8-14(10-16(18)20)17(18,3)4/h12-15,19H,5-11H2,1-4H3/t12-,13-,14-,15+,18-/m1/s1. The predicted molar refractivity (Wildman–Crippen MR) is 91.5 cm³/mol. The van der Waals surface area contributed by atoms with E-state index in [1.54, 1.807) is 0 Å². The van der Waals surface area contributed by atoms with Crippen LogP contribution in [0.5, 0.6) is 0 Å². The number of hydrogen-bond donors (Lipinski definition) is 1. The van der Waals surface area contributed by atoms with Crippen molar-refractivity contribution in [3.05, 3.63) is 0 Å². The van der Waals surface area contributed by atoms with Crippen LogP contribution in [0.4, 0.5) is 0 Å². The average molecular weight is 342 g/mol. The van der Waals surface area contributed by atoms with Crippen molar-refractivity contribution in [1.82, 2.24) is 4.72 Å². The number of hydrogen-bond acceptors (Lipinski definition) is 3. The van der Waals surface area contributed by atoms with Gasteiger partial charge in [-0.25, -0.2) is 13.1 Å². The maximum atomic E-state index is 12.9. The minimum Gasteiger partial charge on any atom is -0.299 e. The molecule has 4 nitrogen and oxygen atoms in total. The first-order chi connectivity index (χ1) is 10.6. The summed E-state index contributed by atoms with van der Waals surface area (Å²) in [7, 11) is -3.44. The van der Waals surface area contributed by atoms with Gasteiger partial charge in [-0.05, 0) is 42.4 Å². The Bertz CT molecular complexity index is 597. The number of carbonyl (C=O) groups is 1. The summed E-state index contributed by atoms with van der Waals surface area (Å²) in [5.41, 5.74) is -0.850. The summed E-state index contributed by atoms with van der Waals surface area (Å²) >= 11 is 0. The molecular formula is C18H31NO3S. The van der Waals surface area contributed by atoms with E-state index in [0.717, 1.165) is 25.7 Å². The molecule has 5 heteroatoms. The van der Waals surface area contributed by atoms with E-state index in [-0.39, 0.29) is 23.0 Å². The molecule has 0 saturated heterocycles. The van der Waals surface area contributed by atoms with E-state index in [4.69, 9.17) is 0 Å². The second-order valence-corrected chi connectivity index (χ2v) is 10.7. The Balaban J connectivity index is 1.78. The molecule has 0 unspecified atom stereocenters. The van der Waals surface area contributed by atoms with Crippen LogP contribution in [0.2, 0.25) is 0 Å². The van der Waals surface area contributed by atoms with Gasteiger partial charge in [0.2, 0.25) is 10.0 Å². The van der Waals surface area contributed by atoms with Crippen molar-refractivity contribution in [3.8, 4) is 0 Å². The maximum absolute atomic E-state index is 12.9. The third-order valence-electron chi connectivity index (χ3n) is 7.61. The highest BCUT2D eigenvalue weighted by atomic mass is 32.2. The Morgan fingerprint density at radius 3 is 2.43 bits per heavy atom. The van der Waals surface area contributed by atoms with Gasteiger partial charge in [-0.2, -0.15) is 0 Å². The summed E-state index contributed by atoms with van der Waals surface area (Å²) in [6, 6.07) is 0.0250. The maximum Gasteiger partial charge on any atom is 0.212 e. The molecule has 2 bridgehead atoms. The zero-order chi connectivity index (χ0) is 17.0. The molecule has 0 spiro atoms. The van der Waals surface area contributed by atoms with Crippen molar-refractivity contribution in [2.45, 2.75) is 72.3 Å². The zero-order valence-electron chi connectivity index (χ0n) is 14.9. The SMILES string of the molecule is C[C@@H]1[C@H](C)CCC[C@@H]1NS(=O)(=O)C[C@]12CC[C@H](CC1=O)C2(C)C. The minimum atomic E-state index is -3.44. The summed E-state index contributed by atoms with van der Waals surface area (Å²) in [6.45, 7) is 8.54. The Kier molecular flexibility index (Phi) is 4.20. The van der Waals surface area contributed by atoms with Crippen molar-refractivity contribution in [2.24, 2.45) is 28.6 Å². The number of Topliss-reactive ketones (excluding diaryl/α,β-unsaturated/α-hetero) is 1. The van der Waals surface area contributed by atoms with Crippen LogP contribution >= 0.6 is 0 Å². The van der Waals surface area contributed by atoms with Gasteiger partial charge in [-0.15, -0.1) is 0 Å². The first kappa shape index (κ1) is 17.4. The van der Waals surface area contributed by atoms with Crippen LogP contribution in [0.1, 0.15) is 66.2 Å². The van der Waals surface area contributed by atoms with Crippen LogP contribution in [0.3, 0.4) is 0 Å². The quantitative estimate of drug-likeness (QED) is 0.854. The van der Waals surface area contributed by atoms with E-state index in [2.05, 4.69) is 32.4 Å². The molecule has 23 heavy (non-hydrogen) atoms. The smallest absolute Gasteiger partial charge is 0.212 e. The van der Waals surface area contributed by atoms with Crippen LogP contribution in [0, 0.1) is 28.6 Å². The monoisotopic (exact) mass is 341 g/mol. The molecule has 0 amide bonds. The predicted octanol–water partition coefficient (Wildman–Crippen LogP) is 3.13. The van der Waals surface area contributed by atoms with E-state index < -0.39 is 15.4 Å². The van der Waals surface area contributed by atoms with Gasteiger partial charge in [-0.1, -0.05) is 40.5 Å². The first-order valence-corrected chi connectivity index (χ1v) is 10.8. The van der Waals surface area contributed by atoms with Crippen LogP contribution < -0.4 is 4.72 Å². The molecule has 3 aliphatic rings. The highest BCUT2D eigenvalue weighted by Crippen LogP contribution is 2.64. The molecule has 132 valence electrons. The van der Waals surface area contributed by atoms with Crippen LogP contribution in [-0.4, -0.2) is 26.0 Å². The lowest BCUT2D eigenvalue weighted by Crippen LogP contribution is -2.50. The van der Waals surface area contributed by atoms with Gasteiger partial charge in [0.25, 0.3) is 0 Å². The first-order valence-electron chi connectivity index (χ1n) is 9.12. The topological polar surface area (TPSA) is 63.2 Å². The fourth-order valence-corrected chi connectivity index (χ4v) is 7.66. The number of sulfonamides is 1. The molecule has 0 aromatic heterocycles. The van der Waals surface area contributed by atoms with E-state index in [1.807, 2.05) is 0 Å². The lowest BCUT2D eigenvalue weighted by atomic mass is 9.70.